The number of rotatable bonds is 3. The highest BCUT2D eigenvalue weighted by molar-refractivity contribution is 5.77. The summed E-state index contributed by atoms with van der Waals surface area (Å²) in [6, 6.07) is -0.0844. The molecule has 88 valence electrons. The molecule has 1 heterocycles. The van der Waals surface area contributed by atoms with E-state index in [4.69, 9.17) is 5.73 Å². The molecule has 1 fully saturated rings. The third-order valence-electron chi connectivity index (χ3n) is 2.90. The Hall–Kier alpha value is -0.610. The first-order valence-electron chi connectivity index (χ1n) is 5.81. The summed E-state index contributed by atoms with van der Waals surface area (Å²) in [6.45, 7) is 2.69. The molecule has 0 aromatic carbocycles. The van der Waals surface area contributed by atoms with E-state index in [1.807, 2.05) is 11.8 Å². The summed E-state index contributed by atoms with van der Waals surface area (Å²) in [7, 11) is 0. The Morgan fingerprint density at radius 3 is 2.87 bits per heavy atom. The van der Waals surface area contributed by atoms with Crippen LogP contribution >= 0.6 is 0 Å². The number of amides is 1. The molecule has 1 aliphatic rings. The maximum Gasteiger partial charge on any atom is 0.224 e. The maximum absolute atomic E-state index is 11.9. The number of carbonyl (C=O) groups is 1. The first-order valence-corrected chi connectivity index (χ1v) is 5.81. The van der Waals surface area contributed by atoms with Crippen molar-refractivity contribution in [3.8, 4) is 0 Å². The van der Waals surface area contributed by atoms with Crippen LogP contribution in [0.5, 0.6) is 0 Å². The zero-order chi connectivity index (χ0) is 11.3. The van der Waals surface area contributed by atoms with Gasteiger partial charge in [-0.1, -0.05) is 12.8 Å². The molecule has 2 atom stereocenters. The molecule has 4 heteroatoms. The van der Waals surface area contributed by atoms with E-state index in [2.05, 4.69) is 0 Å². The minimum absolute atomic E-state index is 0.0127. The first kappa shape index (κ1) is 12.5. The van der Waals surface area contributed by atoms with Crippen molar-refractivity contribution in [1.82, 2.24) is 4.90 Å². The minimum Gasteiger partial charge on any atom is -0.394 e. The zero-order valence-corrected chi connectivity index (χ0v) is 9.48. The van der Waals surface area contributed by atoms with Crippen molar-refractivity contribution in [3.05, 3.63) is 0 Å². The van der Waals surface area contributed by atoms with Crippen LogP contribution in [-0.4, -0.2) is 41.1 Å². The fourth-order valence-corrected chi connectivity index (χ4v) is 2.09. The fraction of sp³-hybridized carbons (Fsp3) is 0.909. The van der Waals surface area contributed by atoms with Gasteiger partial charge in [-0.25, -0.2) is 0 Å². The average Bonchev–Trinajstić information content (AvgIpc) is 2.40. The number of likely N-dealkylation sites (tertiary alicyclic amines) is 1. The molecule has 0 radical (unpaired) electrons. The monoisotopic (exact) mass is 214 g/mol. The van der Waals surface area contributed by atoms with Crippen LogP contribution in [0, 0.1) is 0 Å². The highest BCUT2D eigenvalue weighted by Crippen LogP contribution is 2.17. The van der Waals surface area contributed by atoms with Crippen LogP contribution in [0.1, 0.15) is 39.0 Å². The average molecular weight is 214 g/mol. The second-order valence-corrected chi connectivity index (χ2v) is 4.45. The molecule has 0 bridgehead atoms. The number of nitrogens with two attached hydrogens (primary N) is 1. The van der Waals surface area contributed by atoms with Crippen molar-refractivity contribution in [2.24, 2.45) is 5.73 Å². The van der Waals surface area contributed by atoms with Crippen molar-refractivity contribution < 1.29 is 9.90 Å². The maximum atomic E-state index is 11.9. The molecule has 1 amide bonds. The summed E-state index contributed by atoms with van der Waals surface area (Å²) in [5.74, 6) is 0.0888. The highest BCUT2D eigenvalue weighted by Gasteiger charge is 2.24. The molecule has 4 nitrogen and oxygen atoms in total. The summed E-state index contributed by atoms with van der Waals surface area (Å²) >= 11 is 0. The second-order valence-electron chi connectivity index (χ2n) is 4.45. The molecular formula is C11H22N2O2. The van der Waals surface area contributed by atoms with E-state index >= 15 is 0 Å². The molecule has 0 spiro atoms. The lowest BCUT2D eigenvalue weighted by Gasteiger charge is -2.29. The van der Waals surface area contributed by atoms with E-state index in [1.54, 1.807) is 0 Å². The van der Waals surface area contributed by atoms with Gasteiger partial charge in [0.15, 0.2) is 0 Å². The van der Waals surface area contributed by atoms with Crippen molar-refractivity contribution in [3.63, 3.8) is 0 Å². The van der Waals surface area contributed by atoms with E-state index in [0.717, 1.165) is 32.2 Å². The number of aliphatic hydroxyl groups excluding tert-OH is 1. The van der Waals surface area contributed by atoms with Gasteiger partial charge in [-0.05, 0) is 19.8 Å². The molecule has 3 N–H and O–H groups in total. The molecule has 1 rings (SSSR count). The lowest BCUT2D eigenvalue weighted by Crippen LogP contribution is -2.43. The Morgan fingerprint density at radius 1 is 1.53 bits per heavy atom. The number of hydrogen-bond acceptors (Lipinski definition) is 3. The Labute approximate surface area is 91.4 Å². The lowest BCUT2D eigenvalue weighted by atomic mass is 10.1. The third kappa shape index (κ3) is 3.80. The predicted octanol–water partition coefficient (Wildman–Crippen LogP) is 0.487. The van der Waals surface area contributed by atoms with Crippen molar-refractivity contribution in [1.29, 1.82) is 0 Å². The summed E-state index contributed by atoms with van der Waals surface area (Å²) in [6.07, 6.45) is 4.60. The van der Waals surface area contributed by atoms with Crippen LogP contribution < -0.4 is 5.73 Å². The first-order chi connectivity index (χ1) is 7.15. The third-order valence-corrected chi connectivity index (χ3v) is 2.90. The van der Waals surface area contributed by atoms with Gasteiger partial charge in [0.25, 0.3) is 0 Å². The van der Waals surface area contributed by atoms with Crippen LogP contribution in [0.4, 0.5) is 0 Å². The van der Waals surface area contributed by atoms with Crippen LogP contribution in [0.25, 0.3) is 0 Å². The quantitative estimate of drug-likeness (QED) is 0.718. The van der Waals surface area contributed by atoms with Crippen LogP contribution in [-0.2, 0) is 4.79 Å². The Kier molecular flexibility index (Phi) is 5.05. The van der Waals surface area contributed by atoms with E-state index < -0.39 is 0 Å². The normalized spacial score (nSPS) is 24.7. The molecule has 0 aromatic rings. The Balaban J connectivity index is 2.57. The Morgan fingerprint density at radius 2 is 2.27 bits per heavy atom. The number of nitrogens with zero attached hydrogens (tertiary/aromatic N) is 1. The molecule has 0 saturated carbocycles. The zero-order valence-electron chi connectivity index (χ0n) is 9.48. The molecule has 2 unspecified atom stereocenters. The summed E-state index contributed by atoms with van der Waals surface area (Å²) in [5.41, 5.74) is 5.62. The van der Waals surface area contributed by atoms with Gasteiger partial charge in [-0.15, -0.1) is 0 Å². The molecule has 0 aliphatic carbocycles. The van der Waals surface area contributed by atoms with E-state index in [0.29, 0.717) is 6.42 Å². The van der Waals surface area contributed by atoms with Crippen molar-refractivity contribution >= 4 is 5.91 Å². The molecule has 1 aliphatic heterocycles. The number of aliphatic hydroxyl groups is 1. The highest BCUT2D eigenvalue weighted by atomic mass is 16.3. The van der Waals surface area contributed by atoms with Gasteiger partial charge < -0.3 is 15.7 Å². The lowest BCUT2D eigenvalue weighted by molar-refractivity contribution is -0.134. The van der Waals surface area contributed by atoms with E-state index in [9.17, 15) is 9.90 Å². The van der Waals surface area contributed by atoms with E-state index in [-0.39, 0.29) is 24.6 Å². The van der Waals surface area contributed by atoms with Gasteiger partial charge in [0, 0.05) is 19.0 Å². The largest absolute Gasteiger partial charge is 0.394 e. The van der Waals surface area contributed by atoms with Crippen molar-refractivity contribution in [2.75, 3.05) is 13.2 Å². The van der Waals surface area contributed by atoms with Gasteiger partial charge in [-0.3, -0.25) is 4.79 Å². The summed E-state index contributed by atoms with van der Waals surface area (Å²) in [4.78, 5) is 13.7. The minimum atomic E-state index is -0.0971. The molecule has 1 saturated heterocycles. The Bertz CT molecular complexity index is 207. The number of carbonyl (C=O) groups excluding carboxylic acids is 1. The van der Waals surface area contributed by atoms with Gasteiger partial charge in [0.05, 0.1) is 12.6 Å². The number of hydrogen-bond donors (Lipinski definition) is 2. The SMILES string of the molecule is CC(N)CC(=O)N1CCCCCC1CO. The molecule has 15 heavy (non-hydrogen) atoms. The van der Waals surface area contributed by atoms with Gasteiger partial charge in [-0.2, -0.15) is 0 Å². The summed E-state index contributed by atoms with van der Waals surface area (Å²) < 4.78 is 0. The van der Waals surface area contributed by atoms with Crippen LogP contribution in [0.2, 0.25) is 0 Å². The van der Waals surface area contributed by atoms with Gasteiger partial charge >= 0.3 is 0 Å². The van der Waals surface area contributed by atoms with Crippen molar-refractivity contribution in [2.45, 2.75) is 51.1 Å². The smallest absolute Gasteiger partial charge is 0.224 e. The van der Waals surface area contributed by atoms with Crippen LogP contribution in [0.3, 0.4) is 0 Å². The van der Waals surface area contributed by atoms with Crippen LogP contribution in [0.15, 0.2) is 0 Å². The predicted molar refractivity (Wildman–Crippen MR) is 59.3 cm³/mol. The molecular weight excluding hydrogens is 192 g/mol. The summed E-state index contributed by atoms with van der Waals surface area (Å²) in [5, 5.41) is 9.24. The standard InChI is InChI=1S/C11H22N2O2/c1-9(12)7-11(15)13-6-4-2-3-5-10(13)8-14/h9-10,14H,2-8,12H2,1H3. The second kappa shape index (κ2) is 6.08. The topological polar surface area (TPSA) is 66.6 Å². The molecule has 0 aromatic heterocycles. The fourth-order valence-electron chi connectivity index (χ4n) is 2.09. The van der Waals surface area contributed by atoms with E-state index in [1.165, 1.54) is 0 Å². The van der Waals surface area contributed by atoms with Gasteiger partial charge in [0.2, 0.25) is 5.91 Å². The van der Waals surface area contributed by atoms with Gasteiger partial charge in [0.1, 0.15) is 0 Å².